The number of hydrogen-bond acceptors (Lipinski definition) is 3. The lowest BCUT2D eigenvalue weighted by molar-refractivity contribution is -0.00379. The number of hydrogen-bond donors (Lipinski definition) is 2. The highest BCUT2D eigenvalue weighted by Crippen LogP contribution is 2.18. The van der Waals surface area contributed by atoms with Crippen molar-refractivity contribution in [1.82, 2.24) is 5.32 Å². The molecule has 0 radical (unpaired) electrons. The zero-order chi connectivity index (χ0) is 14.3. The summed E-state index contributed by atoms with van der Waals surface area (Å²) >= 11 is 0. The first-order valence-corrected chi connectivity index (χ1v) is 5.86. The van der Waals surface area contributed by atoms with E-state index in [-0.39, 0.29) is 6.61 Å². The second kappa shape index (κ2) is 7.04. The van der Waals surface area contributed by atoms with Gasteiger partial charge in [0.05, 0.1) is 12.6 Å². The standard InChI is InChI=1S/C13H17F2NO3/c1-13(14,15)7-11(8-17)16-12(18)19-9-10-5-3-2-4-6-10/h2-6,11,17H,7-9H2,1H3,(H,16,18)/t11-/m0/s1. The number of ether oxygens (including phenoxy) is 1. The van der Waals surface area contributed by atoms with E-state index >= 15 is 0 Å². The maximum atomic E-state index is 12.8. The van der Waals surface area contributed by atoms with Gasteiger partial charge in [-0.3, -0.25) is 0 Å². The lowest BCUT2D eigenvalue weighted by Gasteiger charge is -2.19. The number of carbonyl (C=O) groups excluding carboxylic acids is 1. The third-order valence-electron chi connectivity index (χ3n) is 2.36. The van der Waals surface area contributed by atoms with Crippen LogP contribution in [0.3, 0.4) is 0 Å². The van der Waals surface area contributed by atoms with Crippen molar-refractivity contribution in [3.05, 3.63) is 35.9 Å². The Bertz CT molecular complexity index is 393. The van der Waals surface area contributed by atoms with Gasteiger partial charge < -0.3 is 15.2 Å². The highest BCUT2D eigenvalue weighted by atomic mass is 19.3. The summed E-state index contributed by atoms with van der Waals surface area (Å²) in [6.45, 7) is 0.212. The number of nitrogens with one attached hydrogen (secondary N) is 1. The van der Waals surface area contributed by atoms with Crippen LogP contribution in [0.1, 0.15) is 18.9 Å². The van der Waals surface area contributed by atoms with Gasteiger partial charge in [0.2, 0.25) is 5.92 Å². The number of alkyl halides is 2. The largest absolute Gasteiger partial charge is 0.445 e. The van der Waals surface area contributed by atoms with Crippen LogP contribution < -0.4 is 5.32 Å². The Kier molecular flexibility index (Phi) is 5.69. The third kappa shape index (κ3) is 6.71. The molecule has 6 heteroatoms. The van der Waals surface area contributed by atoms with Gasteiger partial charge in [-0.1, -0.05) is 30.3 Å². The number of rotatable bonds is 6. The van der Waals surface area contributed by atoms with Crippen molar-refractivity contribution in [1.29, 1.82) is 0 Å². The average molecular weight is 273 g/mol. The quantitative estimate of drug-likeness (QED) is 0.836. The van der Waals surface area contributed by atoms with Crippen LogP contribution >= 0.6 is 0 Å². The first kappa shape index (κ1) is 15.4. The fourth-order valence-electron chi connectivity index (χ4n) is 1.53. The summed E-state index contributed by atoms with van der Waals surface area (Å²) in [7, 11) is 0. The maximum absolute atomic E-state index is 12.8. The molecule has 0 bridgehead atoms. The number of aliphatic hydroxyl groups excluding tert-OH is 1. The fourth-order valence-corrected chi connectivity index (χ4v) is 1.53. The van der Waals surface area contributed by atoms with E-state index in [1.165, 1.54) is 0 Å². The van der Waals surface area contributed by atoms with E-state index in [4.69, 9.17) is 9.84 Å². The number of carbonyl (C=O) groups is 1. The summed E-state index contributed by atoms with van der Waals surface area (Å²) in [5.74, 6) is -2.96. The smallest absolute Gasteiger partial charge is 0.407 e. The minimum absolute atomic E-state index is 0.0489. The molecular formula is C13H17F2NO3. The minimum Gasteiger partial charge on any atom is -0.445 e. The van der Waals surface area contributed by atoms with Crippen LogP contribution in [0.25, 0.3) is 0 Å². The summed E-state index contributed by atoms with van der Waals surface area (Å²) in [5, 5.41) is 11.1. The molecule has 0 aliphatic heterocycles. The number of aliphatic hydroxyl groups is 1. The Hall–Kier alpha value is -1.69. The molecule has 1 aromatic rings. The molecule has 106 valence electrons. The molecule has 0 aromatic heterocycles. The van der Waals surface area contributed by atoms with E-state index in [1.54, 1.807) is 24.3 Å². The lowest BCUT2D eigenvalue weighted by Crippen LogP contribution is -2.41. The fraction of sp³-hybridized carbons (Fsp3) is 0.462. The van der Waals surface area contributed by atoms with Crippen LogP contribution in [-0.4, -0.2) is 29.8 Å². The van der Waals surface area contributed by atoms with Crippen LogP contribution in [-0.2, 0) is 11.3 Å². The third-order valence-corrected chi connectivity index (χ3v) is 2.36. The van der Waals surface area contributed by atoms with Crippen molar-refractivity contribution in [3.8, 4) is 0 Å². The number of halogens is 2. The molecule has 2 N–H and O–H groups in total. The SMILES string of the molecule is CC(F)(F)C[C@@H](CO)NC(=O)OCc1ccccc1. The first-order chi connectivity index (χ1) is 8.90. The summed E-state index contributed by atoms with van der Waals surface area (Å²) in [6.07, 6.45) is -1.46. The van der Waals surface area contributed by atoms with Gasteiger partial charge in [0.1, 0.15) is 6.61 Å². The van der Waals surface area contributed by atoms with Gasteiger partial charge in [-0.25, -0.2) is 13.6 Å². The second-order valence-electron chi connectivity index (χ2n) is 4.36. The van der Waals surface area contributed by atoms with E-state index in [0.29, 0.717) is 0 Å². The van der Waals surface area contributed by atoms with E-state index in [9.17, 15) is 13.6 Å². The average Bonchev–Trinajstić information content (AvgIpc) is 2.35. The summed E-state index contributed by atoms with van der Waals surface area (Å²) in [4.78, 5) is 11.4. The zero-order valence-corrected chi connectivity index (χ0v) is 10.6. The highest BCUT2D eigenvalue weighted by Gasteiger charge is 2.27. The van der Waals surface area contributed by atoms with Gasteiger partial charge in [-0.2, -0.15) is 0 Å². The van der Waals surface area contributed by atoms with Crippen molar-refractivity contribution >= 4 is 6.09 Å². The minimum atomic E-state index is -2.96. The molecule has 1 atom stereocenters. The number of amides is 1. The van der Waals surface area contributed by atoms with Crippen LogP contribution in [0, 0.1) is 0 Å². The second-order valence-corrected chi connectivity index (χ2v) is 4.36. The molecule has 0 saturated heterocycles. The maximum Gasteiger partial charge on any atom is 0.407 e. The van der Waals surface area contributed by atoms with Crippen LogP contribution in [0.15, 0.2) is 30.3 Å². The molecule has 1 aromatic carbocycles. The summed E-state index contributed by atoms with van der Waals surface area (Å²) < 4.78 is 30.4. The normalized spacial score (nSPS) is 12.8. The van der Waals surface area contributed by atoms with Crippen molar-refractivity contribution in [3.63, 3.8) is 0 Å². The first-order valence-electron chi connectivity index (χ1n) is 5.86. The molecule has 1 rings (SSSR count). The van der Waals surface area contributed by atoms with Gasteiger partial charge in [0.25, 0.3) is 0 Å². The Morgan fingerprint density at radius 3 is 2.58 bits per heavy atom. The molecule has 0 aliphatic carbocycles. The molecule has 0 spiro atoms. The molecule has 19 heavy (non-hydrogen) atoms. The molecule has 0 saturated carbocycles. The molecule has 4 nitrogen and oxygen atoms in total. The zero-order valence-electron chi connectivity index (χ0n) is 10.6. The highest BCUT2D eigenvalue weighted by molar-refractivity contribution is 5.67. The Balaban J connectivity index is 2.37. The van der Waals surface area contributed by atoms with Gasteiger partial charge in [-0.15, -0.1) is 0 Å². The lowest BCUT2D eigenvalue weighted by atomic mass is 10.1. The molecule has 0 unspecified atom stereocenters. The van der Waals surface area contributed by atoms with Gasteiger partial charge in [0.15, 0.2) is 0 Å². The molecule has 0 fully saturated rings. The summed E-state index contributed by atoms with van der Waals surface area (Å²) in [5.41, 5.74) is 0.791. The van der Waals surface area contributed by atoms with Gasteiger partial charge in [-0.05, 0) is 12.5 Å². The van der Waals surface area contributed by atoms with Crippen molar-refractivity contribution in [2.45, 2.75) is 31.9 Å². The molecule has 0 heterocycles. The van der Waals surface area contributed by atoms with Gasteiger partial charge in [0, 0.05) is 6.42 Å². The monoisotopic (exact) mass is 273 g/mol. The van der Waals surface area contributed by atoms with Crippen LogP contribution in [0.2, 0.25) is 0 Å². The Morgan fingerprint density at radius 2 is 2.05 bits per heavy atom. The van der Waals surface area contributed by atoms with Crippen molar-refractivity contribution in [2.24, 2.45) is 0 Å². The molecule has 0 aliphatic rings. The molecular weight excluding hydrogens is 256 g/mol. The predicted octanol–water partition coefficient (Wildman–Crippen LogP) is 2.32. The van der Waals surface area contributed by atoms with Gasteiger partial charge >= 0.3 is 6.09 Å². The topological polar surface area (TPSA) is 58.6 Å². The van der Waals surface area contributed by atoms with E-state index in [2.05, 4.69) is 5.32 Å². The van der Waals surface area contributed by atoms with Crippen LogP contribution in [0.5, 0.6) is 0 Å². The van der Waals surface area contributed by atoms with Crippen molar-refractivity contribution < 1.29 is 23.4 Å². The number of alkyl carbamates (subject to hydrolysis) is 1. The van der Waals surface area contributed by atoms with Crippen molar-refractivity contribution in [2.75, 3.05) is 6.61 Å². The predicted molar refractivity (Wildman–Crippen MR) is 65.9 cm³/mol. The Morgan fingerprint density at radius 1 is 1.42 bits per heavy atom. The van der Waals surface area contributed by atoms with E-state index < -0.39 is 31.1 Å². The van der Waals surface area contributed by atoms with E-state index in [1.807, 2.05) is 6.07 Å². The summed E-state index contributed by atoms with van der Waals surface area (Å²) in [6, 6.07) is 7.95. The Labute approximate surface area is 110 Å². The van der Waals surface area contributed by atoms with E-state index in [0.717, 1.165) is 12.5 Å². The number of benzene rings is 1. The van der Waals surface area contributed by atoms with Crippen LogP contribution in [0.4, 0.5) is 13.6 Å². The molecule has 1 amide bonds.